The Morgan fingerprint density at radius 1 is 0.936 bits per heavy atom. The van der Waals surface area contributed by atoms with Crippen LogP contribution in [0.15, 0.2) is 120 Å². The number of nitrogens with one attached hydrogen (secondary N) is 1. The lowest BCUT2D eigenvalue weighted by molar-refractivity contribution is 0.273. The largest absolute Gasteiger partial charge is 0.359 e. The van der Waals surface area contributed by atoms with Gasteiger partial charge in [-0.3, -0.25) is 0 Å². The molecule has 3 aromatic rings. The van der Waals surface area contributed by atoms with Gasteiger partial charge in [0.05, 0.1) is 11.6 Å². The summed E-state index contributed by atoms with van der Waals surface area (Å²) in [5, 5.41) is 13.4. The number of rotatable bonds is 10. The van der Waals surface area contributed by atoms with Crippen molar-refractivity contribution in [2.45, 2.75) is 98.3 Å². The van der Waals surface area contributed by atoms with Crippen LogP contribution in [0.4, 0.5) is 0 Å². The second-order valence-corrected chi connectivity index (χ2v) is 12.5. The number of hydrogen-bond donors (Lipinski definition) is 1. The Bertz CT molecular complexity index is 1600. The number of hydrogen-bond acceptors (Lipinski definition) is 2. The third kappa shape index (κ3) is 12.8. The average Bonchev–Trinajstić information content (AvgIpc) is 3.12. The van der Waals surface area contributed by atoms with E-state index in [1.54, 1.807) is 0 Å². The number of terminal acetylenes is 1. The minimum atomic E-state index is 0.178. The third-order valence-corrected chi connectivity index (χ3v) is 8.70. The van der Waals surface area contributed by atoms with Crippen LogP contribution in [0.3, 0.4) is 0 Å². The molecule has 0 heterocycles. The van der Waals surface area contributed by atoms with E-state index < -0.39 is 0 Å². The molecular formula is C44H53ClN2. The summed E-state index contributed by atoms with van der Waals surface area (Å²) in [4.78, 5) is 0. The van der Waals surface area contributed by atoms with Gasteiger partial charge >= 0.3 is 0 Å². The summed E-state index contributed by atoms with van der Waals surface area (Å²) in [5.74, 6) is 2.60. The summed E-state index contributed by atoms with van der Waals surface area (Å²) < 4.78 is 0. The Balaban J connectivity index is 0.000000540. The van der Waals surface area contributed by atoms with Crippen LogP contribution < -0.4 is 5.32 Å². The van der Waals surface area contributed by atoms with E-state index in [4.69, 9.17) is 18.0 Å². The molecule has 0 saturated heterocycles. The molecule has 1 aliphatic rings. The van der Waals surface area contributed by atoms with Crippen LogP contribution in [-0.4, -0.2) is 0 Å². The van der Waals surface area contributed by atoms with E-state index >= 15 is 0 Å². The molecule has 0 aliphatic heterocycles. The Kier molecular flexibility index (Phi) is 17.2. The van der Waals surface area contributed by atoms with Crippen LogP contribution >= 0.6 is 11.6 Å². The van der Waals surface area contributed by atoms with Gasteiger partial charge in [0.25, 0.3) is 0 Å². The van der Waals surface area contributed by atoms with Crippen molar-refractivity contribution < 1.29 is 0 Å². The van der Waals surface area contributed by atoms with Crippen LogP contribution in [0.5, 0.6) is 0 Å². The Hall–Kier alpha value is -4.24. The number of nitriles is 1. The first kappa shape index (κ1) is 38.9. The molecule has 3 aromatic carbocycles. The number of benzene rings is 3. The molecule has 0 aromatic heterocycles. The number of halogens is 1. The average molecular weight is 645 g/mol. The first-order chi connectivity index (χ1) is 22.7. The predicted molar refractivity (Wildman–Crippen MR) is 205 cm³/mol. The lowest BCUT2D eigenvalue weighted by Gasteiger charge is -2.38. The van der Waals surface area contributed by atoms with Crippen LogP contribution in [0.25, 0.3) is 11.1 Å². The second-order valence-electron chi connectivity index (χ2n) is 12.0. The predicted octanol–water partition coefficient (Wildman–Crippen LogP) is 12.6. The van der Waals surface area contributed by atoms with E-state index in [1.165, 1.54) is 48.8 Å². The molecular weight excluding hydrogens is 592 g/mol. The molecule has 3 heteroatoms. The maximum atomic E-state index is 9.24. The summed E-state index contributed by atoms with van der Waals surface area (Å²) in [5.41, 5.74) is 10.0. The fourth-order valence-electron chi connectivity index (χ4n) is 5.89. The summed E-state index contributed by atoms with van der Waals surface area (Å²) in [6, 6.07) is 27.2. The maximum absolute atomic E-state index is 9.24. The molecule has 1 aliphatic carbocycles. The number of allylic oxidation sites excluding steroid dienone is 6. The van der Waals surface area contributed by atoms with Crippen molar-refractivity contribution in [1.29, 1.82) is 5.26 Å². The van der Waals surface area contributed by atoms with Gasteiger partial charge < -0.3 is 5.32 Å². The van der Waals surface area contributed by atoms with E-state index in [2.05, 4.69) is 87.1 Å². The molecule has 1 saturated carbocycles. The Morgan fingerprint density at radius 3 is 2.19 bits per heavy atom. The van der Waals surface area contributed by atoms with Gasteiger partial charge in [-0.1, -0.05) is 124 Å². The molecule has 246 valence electrons. The summed E-state index contributed by atoms with van der Waals surface area (Å²) in [6.07, 6.45) is 20.5. The molecule has 0 bridgehead atoms. The van der Waals surface area contributed by atoms with Gasteiger partial charge in [0.15, 0.2) is 0 Å². The monoisotopic (exact) mass is 644 g/mol. The van der Waals surface area contributed by atoms with Gasteiger partial charge in [-0.25, -0.2) is 0 Å². The maximum Gasteiger partial charge on any atom is 0.0991 e. The Labute approximate surface area is 291 Å². The molecule has 0 spiro atoms. The van der Waals surface area contributed by atoms with E-state index in [0.717, 1.165) is 47.3 Å². The zero-order valence-corrected chi connectivity index (χ0v) is 30.2. The standard InChI is InChI=1S/C32H37ClN2.C10H10.C2H6/c1-5-30(33)22-31(20-24(2)3)35-25(4)16-19-32(17-7-6-8-18-32)29-14-12-27(13-15-29)28-11-9-10-26(21-28)23-34;1-3-9-6-5-7-10(4-2)8-9;1-2/h5,9-15,20-22,35H,4,6-8,16-19H2,1-3H3;1,5-8H,4H2,2H3;1-2H3/b30-5+,31-22+;;. The van der Waals surface area contributed by atoms with Crippen molar-refractivity contribution in [1.82, 2.24) is 5.32 Å². The van der Waals surface area contributed by atoms with Gasteiger partial charge in [0.1, 0.15) is 0 Å². The SMILES string of the molecule is C#Cc1cccc(CC)c1.C=C(CCC1(c2ccc(-c3cccc(C#N)c3)cc2)CCCCC1)N/C(C=C(C)C)=C/C(Cl)=C\C.CC. The lowest BCUT2D eigenvalue weighted by atomic mass is 9.66. The zero-order valence-electron chi connectivity index (χ0n) is 29.4. The minimum absolute atomic E-state index is 0.178. The highest BCUT2D eigenvalue weighted by Crippen LogP contribution is 2.44. The number of aryl methyl sites for hydroxylation is 1. The van der Waals surface area contributed by atoms with Crippen molar-refractivity contribution in [3.63, 3.8) is 0 Å². The van der Waals surface area contributed by atoms with Crippen LogP contribution in [0.2, 0.25) is 0 Å². The topological polar surface area (TPSA) is 35.8 Å². The van der Waals surface area contributed by atoms with Gasteiger partial charge in [0.2, 0.25) is 0 Å². The highest BCUT2D eigenvalue weighted by atomic mass is 35.5. The summed E-state index contributed by atoms with van der Waals surface area (Å²) in [6.45, 7) is 16.6. The van der Waals surface area contributed by atoms with Crippen molar-refractivity contribution in [2.24, 2.45) is 0 Å². The zero-order chi connectivity index (χ0) is 34.7. The van der Waals surface area contributed by atoms with E-state index in [-0.39, 0.29) is 5.41 Å². The summed E-state index contributed by atoms with van der Waals surface area (Å²) >= 11 is 6.27. The highest BCUT2D eigenvalue weighted by Gasteiger charge is 2.33. The molecule has 47 heavy (non-hydrogen) atoms. The van der Waals surface area contributed by atoms with Crippen LogP contribution in [0.1, 0.15) is 109 Å². The van der Waals surface area contributed by atoms with Crippen molar-refractivity contribution >= 4 is 11.6 Å². The normalized spacial score (nSPS) is 13.7. The van der Waals surface area contributed by atoms with Gasteiger partial charge in [-0.2, -0.15) is 5.26 Å². The molecule has 2 nitrogen and oxygen atoms in total. The Morgan fingerprint density at radius 2 is 1.60 bits per heavy atom. The first-order valence-corrected chi connectivity index (χ1v) is 17.4. The van der Waals surface area contributed by atoms with E-state index in [9.17, 15) is 5.26 Å². The van der Waals surface area contributed by atoms with Crippen molar-refractivity contribution in [3.05, 3.63) is 142 Å². The van der Waals surface area contributed by atoms with Gasteiger partial charge in [-0.05, 0) is 117 Å². The van der Waals surface area contributed by atoms with Crippen molar-refractivity contribution in [3.8, 4) is 29.5 Å². The molecule has 4 rings (SSSR count). The molecule has 0 radical (unpaired) electrons. The summed E-state index contributed by atoms with van der Waals surface area (Å²) in [7, 11) is 0. The molecule has 0 unspecified atom stereocenters. The van der Waals surface area contributed by atoms with Gasteiger partial charge in [-0.15, -0.1) is 6.42 Å². The van der Waals surface area contributed by atoms with Crippen LogP contribution in [0, 0.1) is 23.7 Å². The fraction of sp³-hybridized carbons (Fsp3) is 0.341. The van der Waals surface area contributed by atoms with Crippen LogP contribution in [-0.2, 0) is 11.8 Å². The third-order valence-electron chi connectivity index (χ3n) is 8.37. The van der Waals surface area contributed by atoms with Crippen molar-refractivity contribution in [2.75, 3.05) is 0 Å². The van der Waals surface area contributed by atoms with E-state index in [0.29, 0.717) is 10.6 Å². The highest BCUT2D eigenvalue weighted by molar-refractivity contribution is 6.31. The second kappa shape index (κ2) is 20.8. The lowest BCUT2D eigenvalue weighted by Crippen LogP contribution is -2.30. The molecule has 0 atom stereocenters. The first-order valence-electron chi connectivity index (χ1n) is 17.0. The molecule has 1 N–H and O–H groups in total. The fourth-order valence-corrected chi connectivity index (χ4v) is 6.01. The smallest absolute Gasteiger partial charge is 0.0991 e. The molecule has 0 amide bonds. The quantitative estimate of drug-likeness (QED) is 0.176. The van der Waals surface area contributed by atoms with E-state index in [1.807, 2.05) is 69.3 Å². The van der Waals surface area contributed by atoms with Gasteiger partial charge in [0, 0.05) is 22.0 Å². The minimum Gasteiger partial charge on any atom is -0.359 e. The number of nitrogens with zero attached hydrogens (tertiary/aromatic N) is 1. The molecule has 1 fully saturated rings.